The SMILES string of the molecule is Cc1cc(C(=O)NCCC2CC2)sc1Br. The number of halogens is 1. The van der Waals surface area contributed by atoms with Gasteiger partial charge in [0.25, 0.3) is 5.91 Å². The molecular formula is C11H14BrNOS. The summed E-state index contributed by atoms with van der Waals surface area (Å²) in [5, 5.41) is 2.96. The van der Waals surface area contributed by atoms with Crippen LogP contribution in [0.1, 0.15) is 34.5 Å². The van der Waals surface area contributed by atoms with Gasteiger partial charge in [0, 0.05) is 6.54 Å². The van der Waals surface area contributed by atoms with Crippen molar-refractivity contribution in [3.05, 3.63) is 20.3 Å². The number of hydrogen-bond donors (Lipinski definition) is 1. The average molecular weight is 288 g/mol. The summed E-state index contributed by atoms with van der Waals surface area (Å²) in [5.74, 6) is 0.941. The third kappa shape index (κ3) is 3.05. The van der Waals surface area contributed by atoms with Crippen molar-refractivity contribution < 1.29 is 4.79 Å². The average Bonchev–Trinajstić information content (AvgIpc) is 2.94. The zero-order valence-corrected chi connectivity index (χ0v) is 11.1. The highest BCUT2D eigenvalue weighted by Crippen LogP contribution is 2.32. The number of rotatable bonds is 4. The molecule has 1 aliphatic carbocycles. The predicted molar refractivity (Wildman–Crippen MR) is 66.4 cm³/mol. The van der Waals surface area contributed by atoms with Crippen LogP contribution in [0.4, 0.5) is 0 Å². The van der Waals surface area contributed by atoms with Gasteiger partial charge in [-0.3, -0.25) is 4.79 Å². The molecule has 0 saturated heterocycles. The second-order valence-corrected chi connectivity index (χ2v) is 6.43. The topological polar surface area (TPSA) is 29.1 Å². The number of nitrogens with one attached hydrogen (secondary N) is 1. The van der Waals surface area contributed by atoms with E-state index in [2.05, 4.69) is 21.2 Å². The van der Waals surface area contributed by atoms with Gasteiger partial charge >= 0.3 is 0 Å². The Kier molecular flexibility index (Phi) is 3.46. The van der Waals surface area contributed by atoms with Crippen molar-refractivity contribution in [3.63, 3.8) is 0 Å². The Morgan fingerprint density at radius 3 is 2.93 bits per heavy atom. The molecular weight excluding hydrogens is 274 g/mol. The van der Waals surface area contributed by atoms with Crippen LogP contribution in [0.15, 0.2) is 9.85 Å². The zero-order valence-electron chi connectivity index (χ0n) is 8.68. The van der Waals surface area contributed by atoms with Crippen molar-refractivity contribution in [2.45, 2.75) is 26.2 Å². The van der Waals surface area contributed by atoms with E-state index in [4.69, 9.17) is 0 Å². The maximum atomic E-state index is 11.7. The van der Waals surface area contributed by atoms with Crippen molar-refractivity contribution in [2.24, 2.45) is 5.92 Å². The van der Waals surface area contributed by atoms with E-state index in [1.807, 2.05) is 13.0 Å². The van der Waals surface area contributed by atoms with E-state index in [0.717, 1.165) is 33.1 Å². The van der Waals surface area contributed by atoms with Gasteiger partial charge in [-0.1, -0.05) is 12.8 Å². The van der Waals surface area contributed by atoms with Crippen molar-refractivity contribution in [3.8, 4) is 0 Å². The minimum Gasteiger partial charge on any atom is -0.351 e. The summed E-state index contributed by atoms with van der Waals surface area (Å²) in [4.78, 5) is 12.5. The first-order chi connectivity index (χ1) is 7.16. The Bertz CT molecular complexity index is 351. The summed E-state index contributed by atoms with van der Waals surface area (Å²) < 4.78 is 1.05. The highest BCUT2D eigenvalue weighted by atomic mass is 79.9. The zero-order chi connectivity index (χ0) is 10.8. The van der Waals surface area contributed by atoms with Crippen LogP contribution in [0, 0.1) is 12.8 Å². The van der Waals surface area contributed by atoms with Gasteiger partial charge in [0.15, 0.2) is 0 Å². The molecule has 1 fully saturated rings. The molecule has 0 aliphatic heterocycles. The third-order valence-electron chi connectivity index (χ3n) is 2.62. The molecule has 1 amide bonds. The fourth-order valence-electron chi connectivity index (χ4n) is 1.46. The maximum Gasteiger partial charge on any atom is 0.261 e. The maximum absolute atomic E-state index is 11.7. The van der Waals surface area contributed by atoms with Gasteiger partial charge in [0.1, 0.15) is 0 Å². The van der Waals surface area contributed by atoms with E-state index in [-0.39, 0.29) is 5.91 Å². The summed E-state index contributed by atoms with van der Waals surface area (Å²) in [6, 6.07) is 1.93. The lowest BCUT2D eigenvalue weighted by Crippen LogP contribution is -2.23. The van der Waals surface area contributed by atoms with Gasteiger partial charge in [-0.05, 0) is 46.8 Å². The largest absolute Gasteiger partial charge is 0.351 e. The van der Waals surface area contributed by atoms with E-state index in [0.29, 0.717) is 0 Å². The van der Waals surface area contributed by atoms with Crippen LogP contribution in [0.2, 0.25) is 0 Å². The van der Waals surface area contributed by atoms with Crippen molar-refractivity contribution in [1.29, 1.82) is 0 Å². The second-order valence-electron chi connectivity index (χ2n) is 4.06. The molecule has 0 atom stereocenters. The molecule has 1 aromatic rings. The molecule has 4 heteroatoms. The van der Waals surface area contributed by atoms with Crippen LogP contribution in [0.25, 0.3) is 0 Å². The molecule has 1 N–H and O–H groups in total. The van der Waals surface area contributed by atoms with E-state index < -0.39 is 0 Å². The third-order valence-corrected chi connectivity index (χ3v) is 4.75. The molecule has 0 spiro atoms. The molecule has 2 nitrogen and oxygen atoms in total. The van der Waals surface area contributed by atoms with Gasteiger partial charge in [-0.2, -0.15) is 0 Å². The molecule has 0 unspecified atom stereocenters. The lowest BCUT2D eigenvalue weighted by molar-refractivity contribution is 0.0956. The van der Waals surface area contributed by atoms with Crippen molar-refractivity contribution in [1.82, 2.24) is 5.32 Å². The number of amides is 1. The number of hydrogen-bond acceptors (Lipinski definition) is 2. The highest BCUT2D eigenvalue weighted by molar-refractivity contribution is 9.11. The Morgan fingerprint density at radius 1 is 1.67 bits per heavy atom. The first kappa shape index (κ1) is 11.1. The van der Waals surface area contributed by atoms with Gasteiger partial charge in [-0.15, -0.1) is 11.3 Å². The fourth-order valence-corrected chi connectivity index (χ4v) is 2.91. The Labute approximate surface area is 102 Å². The van der Waals surface area contributed by atoms with Crippen molar-refractivity contribution in [2.75, 3.05) is 6.54 Å². The minimum absolute atomic E-state index is 0.0643. The van der Waals surface area contributed by atoms with Gasteiger partial charge in [-0.25, -0.2) is 0 Å². The van der Waals surface area contributed by atoms with Crippen LogP contribution in [-0.2, 0) is 0 Å². The Balaban J connectivity index is 1.83. The lowest BCUT2D eigenvalue weighted by atomic mass is 10.3. The molecule has 15 heavy (non-hydrogen) atoms. The van der Waals surface area contributed by atoms with E-state index in [1.165, 1.54) is 24.2 Å². The van der Waals surface area contributed by atoms with Crippen LogP contribution >= 0.6 is 27.3 Å². The molecule has 2 rings (SSSR count). The summed E-state index contributed by atoms with van der Waals surface area (Å²) in [6.45, 7) is 2.82. The van der Waals surface area contributed by atoms with Gasteiger partial charge in [0.05, 0.1) is 8.66 Å². The molecule has 1 saturated carbocycles. The molecule has 0 radical (unpaired) electrons. The molecule has 82 valence electrons. The summed E-state index contributed by atoms with van der Waals surface area (Å²) >= 11 is 4.93. The number of carbonyl (C=O) groups excluding carboxylic acids is 1. The normalized spacial score (nSPS) is 15.3. The monoisotopic (exact) mass is 287 g/mol. The molecule has 0 aromatic carbocycles. The molecule has 1 aliphatic rings. The standard InChI is InChI=1S/C11H14BrNOS/c1-7-6-9(15-10(7)12)11(14)13-5-4-8-2-3-8/h6,8H,2-5H2,1H3,(H,13,14). The summed E-state index contributed by atoms with van der Waals surface area (Å²) in [5.41, 5.74) is 1.13. The van der Waals surface area contributed by atoms with Crippen LogP contribution in [0.3, 0.4) is 0 Å². The molecule has 0 bridgehead atoms. The first-order valence-electron chi connectivity index (χ1n) is 5.21. The van der Waals surface area contributed by atoms with Gasteiger partial charge < -0.3 is 5.32 Å². The predicted octanol–water partition coefficient (Wildman–Crippen LogP) is 3.35. The second kappa shape index (κ2) is 4.66. The molecule has 1 heterocycles. The van der Waals surface area contributed by atoms with Crippen LogP contribution in [0.5, 0.6) is 0 Å². The van der Waals surface area contributed by atoms with E-state index >= 15 is 0 Å². The number of carbonyl (C=O) groups is 1. The minimum atomic E-state index is 0.0643. The molecule has 1 aromatic heterocycles. The van der Waals surface area contributed by atoms with Crippen LogP contribution < -0.4 is 5.32 Å². The number of aryl methyl sites for hydroxylation is 1. The van der Waals surface area contributed by atoms with Crippen LogP contribution in [-0.4, -0.2) is 12.5 Å². The quantitative estimate of drug-likeness (QED) is 0.904. The van der Waals surface area contributed by atoms with Gasteiger partial charge in [0.2, 0.25) is 0 Å². The van der Waals surface area contributed by atoms with Crippen molar-refractivity contribution >= 4 is 33.2 Å². The summed E-state index contributed by atoms with van der Waals surface area (Å²) in [7, 11) is 0. The first-order valence-corrected chi connectivity index (χ1v) is 6.82. The van der Waals surface area contributed by atoms with E-state index in [9.17, 15) is 4.79 Å². The lowest BCUT2D eigenvalue weighted by Gasteiger charge is -2.01. The highest BCUT2D eigenvalue weighted by Gasteiger charge is 2.20. The summed E-state index contributed by atoms with van der Waals surface area (Å²) in [6.07, 6.45) is 3.83. The fraction of sp³-hybridized carbons (Fsp3) is 0.545. The Morgan fingerprint density at radius 2 is 2.40 bits per heavy atom. The smallest absolute Gasteiger partial charge is 0.261 e. The van der Waals surface area contributed by atoms with E-state index in [1.54, 1.807) is 0 Å². The number of thiophene rings is 1. The Hall–Kier alpha value is -0.350.